The largest absolute Gasteiger partial charge is 0.464 e. The van der Waals surface area contributed by atoms with Crippen LogP contribution in [-0.4, -0.2) is 47.0 Å². The van der Waals surface area contributed by atoms with Gasteiger partial charge in [0.2, 0.25) is 0 Å². The highest BCUT2D eigenvalue weighted by atomic mass is 16.5. The fourth-order valence-electron chi connectivity index (χ4n) is 2.20. The van der Waals surface area contributed by atoms with E-state index in [9.17, 15) is 19.8 Å². The first kappa shape index (κ1) is 19.4. The quantitative estimate of drug-likeness (QED) is 0.635. The van der Waals surface area contributed by atoms with Gasteiger partial charge >= 0.3 is 12.1 Å². The molecule has 0 fully saturated rings. The van der Waals surface area contributed by atoms with Gasteiger partial charge in [-0.15, -0.1) is 0 Å². The average molecular weight is 360 g/mol. The molecule has 2 atom stereocenters. The van der Waals surface area contributed by atoms with Crippen LogP contribution in [0.25, 0.3) is 0 Å². The van der Waals surface area contributed by atoms with Crippen molar-refractivity contribution in [2.75, 3.05) is 13.7 Å². The predicted molar refractivity (Wildman–Crippen MR) is 91.2 cm³/mol. The molecule has 0 spiro atoms. The van der Waals surface area contributed by atoms with Gasteiger partial charge in [-0.3, -0.25) is 0 Å². The fourth-order valence-corrected chi connectivity index (χ4v) is 2.20. The summed E-state index contributed by atoms with van der Waals surface area (Å²) in [5.74, 6) is -0.734. The van der Waals surface area contributed by atoms with Gasteiger partial charge in [0, 0.05) is 18.3 Å². The smallest absolute Gasteiger partial charge is 0.407 e. The molecule has 0 radical (unpaired) electrons. The molecule has 8 nitrogen and oxygen atoms in total. The number of carbonyl (C=O) groups is 2. The Balaban J connectivity index is 1.88. The first-order valence-corrected chi connectivity index (χ1v) is 7.87. The first-order chi connectivity index (χ1) is 12.5. The first-order valence-electron chi connectivity index (χ1n) is 7.87. The van der Waals surface area contributed by atoms with Crippen LogP contribution in [0.3, 0.4) is 0 Å². The Labute approximate surface area is 150 Å². The average Bonchev–Trinajstić information content (AvgIpc) is 2.70. The highest BCUT2D eigenvalue weighted by Gasteiger charge is 2.25. The molecule has 0 bridgehead atoms. The second kappa shape index (κ2) is 9.50. The number of aromatic nitrogens is 1. The van der Waals surface area contributed by atoms with Gasteiger partial charge in [0.1, 0.15) is 18.8 Å². The number of amides is 1. The van der Waals surface area contributed by atoms with Gasteiger partial charge in [-0.05, 0) is 11.6 Å². The number of esters is 1. The number of benzene rings is 1. The molecule has 2 unspecified atom stereocenters. The van der Waals surface area contributed by atoms with Crippen molar-refractivity contribution in [1.29, 1.82) is 0 Å². The van der Waals surface area contributed by atoms with E-state index in [1.54, 1.807) is 0 Å². The minimum Gasteiger partial charge on any atom is -0.464 e. The summed E-state index contributed by atoms with van der Waals surface area (Å²) in [5.41, 5.74) is 0.820. The standard InChI is InChI=1S/C18H20N2O6/c1-25-17(23)15-13(8-5-9-19-15)16(22)14(21)10-20-18(24)26-11-12-6-3-2-4-7-12/h2-9,14,16,21-22H,10-11H2,1H3,(H,20,24). The fraction of sp³-hybridized carbons (Fsp3) is 0.278. The predicted octanol–water partition coefficient (Wildman–Crippen LogP) is 1.19. The zero-order valence-corrected chi connectivity index (χ0v) is 14.2. The lowest BCUT2D eigenvalue weighted by Crippen LogP contribution is -2.36. The minimum absolute atomic E-state index is 0.0837. The van der Waals surface area contributed by atoms with Gasteiger partial charge < -0.3 is 25.0 Å². The maximum absolute atomic E-state index is 11.7. The van der Waals surface area contributed by atoms with Crippen LogP contribution >= 0.6 is 0 Å². The molecule has 2 rings (SSSR count). The van der Waals surface area contributed by atoms with Crippen LogP contribution in [0.4, 0.5) is 4.79 Å². The maximum atomic E-state index is 11.7. The molecule has 2 aromatic rings. The van der Waals surface area contributed by atoms with Crippen molar-refractivity contribution in [3.05, 3.63) is 65.5 Å². The van der Waals surface area contributed by atoms with Crippen molar-refractivity contribution in [3.63, 3.8) is 0 Å². The summed E-state index contributed by atoms with van der Waals surface area (Å²) < 4.78 is 9.61. The second-order valence-electron chi connectivity index (χ2n) is 5.39. The third-order valence-corrected chi connectivity index (χ3v) is 3.57. The van der Waals surface area contributed by atoms with E-state index in [4.69, 9.17) is 4.74 Å². The van der Waals surface area contributed by atoms with Gasteiger partial charge in [-0.2, -0.15) is 0 Å². The number of methoxy groups -OCH3 is 1. The number of hydrogen-bond donors (Lipinski definition) is 3. The molecule has 26 heavy (non-hydrogen) atoms. The summed E-state index contributed by atoms with van der Waals surface area (Å²) in [4.78, 5) is 27.2. The van der Waals surface area contributed by atoms with Crippen molar-refractivity contribution < 1.29 is 29.3 Å². The van der Waals surface area contributed by atoms with E-state index in [2.05, 4.69) is 15.0 Å². The summed E-state index contributed by atoms with van der Waals surface area (Å²) in [5, 5.41) is 22.7. The second-order valence-corrected chi connectivity index (χ2v) is 5.39. The van der Waals surface area contributed by atoms with Crippen LogP contribution < -0.4 is 5.32 Å². The molecule has 1 aromatic carbocycles. The normalized spacial score (nSPS) is 12.7. The summed E-state index contributed by atoms with van der Waals surface area (Å²) in [6, 6.07) is 12.1. The molecule has 0 aliphatic heterocycles. The maximum Gasteiger partial charge on any atom is 0.407 e. The topological polar surface area (TPSA) is 118 Å². The molecule has 0 aliphatic carbocycles. The number of rotatable bonds is 7. The van der Waals surface area contributed by atoms with E-state index in [1.165, 1.54) is 25.4 Å². The number of alkyl carbamates (subject to hydrolysis) is 1. The Bertz CT molecular complexity index is 737. The Morgan fingerprint density at radius 1 is 1.15 bits per heavy atom. The van der Waals surface area contributed by atoms with E-state index in [0.29, 0.717) is 0 Å². The van der Waals surface area contributed by atoms with E-state index in [0.717, 1.165) is 5.56 Å². The Morgan fingerprint density at radius 2 is 1.88 bits per heavy atom. The SMILES string of the molecule is COC(=O)c1ncccc1C(O)C(O)CNC(=O)OCc1ccccc1. The van der Waals surface area contributed by atoms with Crippen molar-refractivity contribution in [2.24, 2.45) is 0 Å². The molecule has 138 valence electrons. The van der Waals surface area contributed by atoms with Crippen molar-refractivity contribution >= 4 is 12.1 Å². The molecular formula is C18H20N2O6. The Hall–Kier alpha value is -2.97. The van der Waals surface area contributed by atoms with Crippen LogP contribution in [-0.2, 0) is 16.1 Å². The number of pyridine rings is 1. The van der Waals surface area contributed by atoms with Crippen molar-refractivity contribution in [2.45, 2.75) is 18.8 Å². The summed E-state index contributed by atoms with van der Waals surface area (Å²) in [7, 11) is 1.19. The molecule has 1 heterocycles. The number of hydrogen-bond acceptors (Lipinski definition) is 7. The molecule has 3 N–H and O–H groups in total. The number of carbonyl (C=O) groups excluding carboxylic acids is 2. The summed E-state index contributed by atoms with van der Waals surface area (Å²) >= 11 is 0. The number of ether oxygens (including phenoxy) is 2. The molecule has 0 aliphatic rings. The van der Waals surface area contributed by atoms with Crippen LogP contribution in [0.2, 0.25) is 0 Å². The van der Waals surface area contributed by atoms with Crippen LogP contribution in [0, 0.1) is 0 Å². The van der Waals surface area contributed by atoms with E-state index in [-0.39, 0.29) is 24.4 Å². The minimum atomic E-state index is -1.44. The van der Waals surface area contributed by atoms with Gasteiger partial charge in [0.25, 0.3) is 0 Å². The highest BCUT2D eigenvalue weighted by Crippen LogP contribution is 2.20. The lowest BCUT2D eigenvalue weighted by atomic mass is 10.0. The lowest BCUT2D eigenvalue weighted by molar-refractivity contribution is 0.0168. The third kappa shape index (κ3) is 5.27. The summed E-state index contributed by atoms with van der Waals surface area (Å²) in [6.45, 7) is -0.190. The van der Waals surface area contributed by atoms with E-state index >= 15 is 0 Å². The molecule has 1 amide bonds. The van der Waals surface area contributed by atoms with Crippen molar-refractivity contribution in [1.82, 2.24) is 10.3 Å². The Kier molecular flexibility index (Phi) is 7.07. The van der Waals surface area contributed by atoms with Crippen LogP contribution in [0.5, 0.6) is 0 Å². The van der Waals surface area contributed by atoms with Gasteiger partial charge in [-0.1, -0.05) is 36.4 Å². The molecule has 8 heteroatoms. The monoisotopic (exact) mass is 360 g/mol. The number of nitrogens with zero attached hydrogens (tertiary/aromatic N) is 1. The number of nitrogens with one attached hydrogen (secondary N) is 1. The molecule has 0 saturated heterocycles. The van der Waals surface area contributed by atoms with Crippen molar-refractivity contribution in [3.8, 4) is 0 Å². The molecular weight excluding hydrogens is 340 g/mol. The Morgan fingerprint density at radius 3 is 2.58 bits per heavy atom. The molecule has 0 saturated carbocycles. The number of aliphatic hydroxyl groups is 2. The van der Waals surface area contributed by atoms with E-state index < -0.39 is 24.3 Å². The van der Waals surface area contributed by atoms with Crippen LogP contribution in [0.15, 0.2) is 48.7 Å². The van der Waals surface area contributed by atoms with Crippen LogP contribution in [0.1, 0.15) is 27.7 Å². The van der Waals surface area contributed by atoms with Gasteiger partial charge in [0.15, 0.2) is 5.69 Å². The zero-order chi connectivity index (χ0) is 18.9. The third-order valence-electron chi connectivity index (χ3n) is 3.57. The van der Waals surface area contributed by atoms with Gasteiger partial charge in [0.05, 0.1) is 7.11 Å². The van der Waals surface area contributed by atoms with E-state index in [1.807, 2.05) is 30.3 Å². The lowest BCUT2D eigenvalue weighted by Gasteiger charge is -2.19. The number of aliphatic hydroxyl groups excluding tert-OH is 2. The zero-order valence-electron chi connectivity index (χ0n) is 14.2. The van der Waals surface area contributed by atoms with Gasteiger partial charge in [-0.25, -0.2) is 14.6 Å². The highest BCUT2D eigenvalue weighted by molar-refractivity contribution is 5.88. The summed E-state index contributed by atoms with van der Waals surface area (Å²) in [6.07, 6.45) is -2.17. The molecule has 1 aromatic heterocycles.